The molecule has 4 heterocycles. The van der Waals surface area contributed by atoms with E-state index in [0.29, 0.717) is 17.9 Å². The third-order valence-corrected chi connectivity index (χ3v) is 13.3. The summed E-state index contributed by atoms with van der Waals surface area (Å²) in [7, 11) is 5.90. The second-order valence-electron chi connectivity index (χ2n) is 15.7. The SMILES string of the molecule is CCN1C(=O)CC(SCCC(=O)N(C)[C@@H](C)C(=O)O[C@H]2CC(=O)N(C)c3cc(cc(OC)c3Cl)C/C(C)=C/C=C/[C@@H](OC)[C@@]3(O)C[C@H](OC(=O)N3)[C@@H](C)[C@@H]3O[C@@]23C)C1=O. The van der Waals surface area contributed by atoms with Crippen LogP contribution >= 0.6 is 23.4 Å². The van der Waals surface area contributed by atoms with Crippen molar-refractivity contribution in [1.82, 2.24) is 15.1 Å². The molecule has 0 aliphatic carbocycles. The van der Waals surface area contributed by atoms with Crippen LogP contribution in [0.25, 0.3) is 0 Å². The molecule has 0 aromatic heterocycles. The molecule has 3 saturated heterocycles. The first-order valence-corrected chi connectivity index (χ1v) is 21.0. The van der Waals surface area contributed by atoms with Crippen molar-refractivity contribution in [3.05, 3.63) is 46.5 Å². The number of esters is 1. The molecule has 5 amide bonds. The fraction of sp³-hybridized carbons (Fsp3) is 0.610. The van der Waals surface area contributed by atoms with Crippen LogP contribution in [0.5, 0.6) is 5.75 Å². The van der Waals surface area contributed by atoms with Crippen LogP contribution in [0.3, 0.4) is 0 Å². The lowest BCUT2D eigenvalue weighted by molar-refractivity contribution is -0.162. The monoisotopic (exact) mass is 862 g/mol. The minimum atomic E-state index is -1.86. The number of alkyl carbamates (subject to hydrolysis) is 1. The molecule has 0 saturated carbocycles. The Morgan fingerprint density at radius 3 is 2.53 bits per heavy atom. The van der Waals surface area contributed by atoms with E-state index >= 15 is 0 Å². The van der Waals surface area contributed by atoms with Gasteiger partial charge in [0.1, 0.15) is 40.7 Å². The smallest absolute Gasteiger partial charge is 0.409 e. The van der Waals surface area contributed by atoms with Gasteiger partial charge in [0, 0.05) is 58.7 Å². The summed E-state index contributed by atoms with van der Waals surface area (Å²) in [5.74, 6) is -2.14. The minimum absolute atomic E-state index is 0.00432. The zero-order valence-corrected chi connectivity index (χ0v) is 36.5. The Labute approximate surface area is 353 Å². The summed E-state index contributed by atoms with van der Waals surface area (Å²) in [6, 6.07) is 2.46. The van der Waals surface area contributed by atoms with Crippen molar-refractivity contribution >= 4 is 64.7 Å². The molecule has 18 heteroatoms. The number of nitrogens with zero attached hydrogens (tertiary/aromatic N) is 3. The number of ether oxygens (including phenoxy) is 5. The van der Waals surface area contributed by atoms with Gasteiger partial charge >= 0.3 is 12.1 Å². The number of hydrogen-bond acceptors (Lipinski definition) is 13. The molecule has 0 radical (unpaired) electrons. The first-order chi connectivity index (χ1) is 27.8. The van der Waals surface area contributed by atoms with Crippen molar-refractivity contribution in [2.75, 3.05) is 45.5 Å². The fourth-order valence-electron chi connectivity index (χ4n) is 7.80. The van der Waals surface area contributed by atoms with Gasteiger partial charge in [-0.25, -0.2) is 9.59 Å². The third-order valence-electron chi connectivity index (χ3n) is 11.7. The number of thioether (sulfide) groups is 1. The summed E-state index contributed by atoms with van der Waals surface area (Å²) >= 11 is 8.00. The summed E-state index contributed by atoms with van der Waals surface area (Å²) in [5.41, 5.74) is -1.08. The van der Waals surface area contributed by atoms with Gasteiger partial charge in [0.15, 0.2) is 5.72 Å². The first-order valence-electron chi connectivity index (χ1n) is 19.6. The van der Waals surface area contributed by atoms with Gasteiger partial charge in [-0.1, -0.05) is 42.3 Å². The summed E-state index contributed by atoms with van der Waals surface area (Å²) in [6.07, 6.45) is 0.657. The van der Waals surface area contributed by atoms with Crippen molar-refractivity contribution in [2.24, 2.45) is 5.92 Å². The van der Waals surface area contributed by atoms with Gasteiger partial charge in [-0.3, -0.25) is 29.4 Å². The average Bonchev–Trinajstić information content (AvgIpc) is 3.81. The highest BCUT2D eigenvalue weighted by atomic mass is 35.5. The van der Waals surface area contributed by atoms with E-state index in [0.717, 1.165) is 11.1 Å². The number of rotatable bonds is 10. The van der Waals surface area contributed by atoms with Crippen molar-refractivity contribution < 1.29 is 57.6 Å². The molecule has 59 heavy (non-hydrogen) atoms. The maximum atomic E-state index is 14.2. The number of carbonyl (C=O) groups excluding carboxylic acids is 6. The molecule has 1 aromatic carbocycles. The number of benzene rings is 1. The minimum Gasteiger partial charge on any atom is -0.495 e. The number of epoxide rings is 1. The number of imide groups is 1. The van der Waals surface area contributed by atoms with Crippen LogP contribution in [0.4, 0.5) is 10.5 Å². The number of likely N-dealkylation sites (tertiary alicyclic amines) is 1. The van der Waals surface area contributed by atoms with Crippen molar-refractivity contribution in [3.63, 3.8) is 0 Å². The molecule has 9 atom stereocenters. The first kappa shape index (κ1) is 45.9. The lowest BCUT2D eigenvalue weighted by Gasteiger charge is -2.42. The number of hydrogen-bond donors (Lipinski definition) is 2. The molecular weight excluding hydrogens is 808 g/mol. The number of methoxy groups -OCH3 is 2. The second kappa shape index (κ2) is 18.6. The van der Waals surface area contributed by atoms with Gasteiger partial charge in [0.2, 0.25) is 23.6 Å². The molecule has 4 aliphatic rings. The lowest BCUT2D eigenvalue weighted by atomic mass is 9.83. The maximum absolute atomic E-state index is 14.2. The topological polar surface area (TPSA) is 194 Å². The quantitative estimate of drug-likeness (QED) is 0.196. The molecule has 324 valence electrons. The van der Waals surface area contributed by atoms with Crippen LogP contribution in [0.1, 0.15) is 65.9 Å². The molecule has 5 rings (SSSR count). The number of anilines is 1. The molecule has 1 aromatic rings. The van der Waals surface area contributed by atoms with Gasteiger partial charge < -0.3 is 38.6 Å². The highest BCUT2D eigenvalue weighted by molar-refractivity contribution is 8.00. The van der Waals surface area contributed by atoms with Crippen molar-refractivity contribution in [3.8, 4) is 5.75 Å². The standard InChI is InChI=1S/C41H55ClN4O12S/c1-10-46-34(49)19-29(37(46)50)59-15-14-32(47)44(6)24(4)38(51)57-31-20-33(48)45(7)26-17-25(18-27(54-8)35(26)42)16-22(2)12-11-13-30(55-9)41(53)21-28(56-39(52)43-41)23(3)36-40(31,5)58-36/h11-13,17-18,23-24,28-31,36,53H,10,14-16,19-21H2,1-9H3,(H,43,52)/b13-11+,22-12+/t23-,24+,28+,29?,30-,31+,36+,40+,41+/m1/s1. The van der Waals surface area contributed by atoms with E-state index < -0.39 is 70.9 Å². The van der Waals surface area contributed by atoms with E-state index in [1.807, 2.05) is 13.0 Å². The Morgan fingerprint density at radius 1 is 1.17 bits per heavy atom. The Kier molecular flexibility index (Phi) is 14.5. The largest absolute Gasteiger partial charge is 0.495 e. The third kappa shape index (κ3) is 9.91. The van der Waals surface area contributed by atoms with Gasteiger partial charge in [0.05, 0.1) is 30.6 Å². The zero-order valence-electron chi connectivity index (χ0n) is 34.9. The van der Waals surface area contributed by atoms with Crippen LogP contribution < -0.4 is 15.0 Å². The highest BCUT2D eigenvalue weighted by Crippen LogP contribution is 2.49. The number of amides is 5. The van der Waals surface area contributed by atoms with Crippen LogP contribution in [-0.4, -0.2) is 138 Å². The second-order valence-corrected chi connectivity index (χ2v) is 17.4. The van der Waals surface area contributed by atoms with E-state index in [9.17, 15) is 33.9 Å². The number of fused-ring (bicyclic) bond motifs is 5. The number of carbonyl (C=O) groups is 6. The van der Waals surface area contributed by atoms with E-state index in [4.69, 9.17) is 35.3 Å². The van der Waals surface area contributed by atoms with E-state index in [1.165, 1.54) is 54.7 Å². The Balaban J connectivity index is 1.41. The van der Waals surface area contributed by atoms with E-state index in [-0.39, 0.29) is 60.7 Å². The van der Waals surface area contributed by atoms with E-state index in [1.54, 1.807) is 52.1 Å². The molecule has 3 fully saturated rings. The summed E-state index contributed by atoms with van der Waals surface area (Å²) in [6.45, 7) is 8.89. The molecule has 16 nitrogen and oxygen atoms in total. The lowest BCUT2D eigenvalue weighted by Crippen LogP contribution is -2.63. The van der Waals surface area contributed by atoms with Crippen LogP contribution in [0.2, 0.25) is 5.02 Å². The zero-order chi connectivity index (χ0) is 43.6. The van der Waals surface area contributed by atoms with Gasteiger partial charge in [-0.15, -0.1) is 11.8 Å². The normalized spacial score (nSPS) is 31.9. The van der Waals surface area contributed by atoms with Gasteiger partial charge in [0.25, 0.3) is 0 Å². The Bertz CT molecular complexity index is 1900. The summed E-state index contributed by atoms with van der Waals surface area (Å²) < 4.78 is 29.3. The molecule has 4 bridgehead atoms. The Morgan fingerprint density at radius 2 is 1.88 bits per heavy atom. The van der Waals surface area contributed by atoms with E-state index in [2.05, 4.69) is 5.32 Å². The Hall–Kier alpha value is -4.16. The number of aliphatic hydroxyl groups is 1. The molecule has 1 unspecified atom stereocenters. The molecular formula is C41H55ClN4O12S. The summed E-state index contributed by atoms with van der Waals surface area (Å²) in [5, 5.41) is 13.9. The van der Waals surface area contributed by atoms with Crippen LogP contribution in [0, 0.1) is 5.92 Å². The molecule has 0 spiro atoms. The van der Waals surface area contributed by atoms with Crippen LogP contribution in [0.15, 0.2) is 35.9 Å². The van der Waals surface area contributed by atoms with Gasteiger partial charge in [-0.2, -0.15) is 0 Å². The maximum Gasteiger partial charge on any atom is 0.409 e. The summed E-state index contributed by atoms with van der Waals surface area (Å²) in [4.78, 5) is 82.8. The predicted octanol–water partition coefficient (Wildman–Crippen LogP) is 3.79. The number of halogens is 1. The average molecular weight is 863 g/mol. The number of nitrogens with one attached hydrogen (secondary N) is 1. The van der Waals surface area contributed by atoms with Crippen molar-refractivity contribution in [2.45, 2.75) is 114 Å². The van der Waals surface area contributed by atoms with Gasteiger partial charge in [-0.05, 0) is 51.8 Å². The number of likely N-dealkylation sites (N-methyl/N-ethyl adjacent to an activating group) is 1. The number of allylic oxidation sites excluding steroid dienone is 3. The van der Waals surface area contributed by atoms with Crippen LogP contribution in [-0.2, 0) is 49.3 Å². The highest BCUT2D eigenvalue weighted by Gasteiger charge is 2.64. The fourth-order valence-corrected chi connectivity index (χ4v) is 9.22. The molecule has 2 N–H and O–H groups in total. The molecule has 4 aliphatic heterocycles. The van der Waals surface area contributed by atoms with Crippen molar-refractivity contribution in [1.29, 1.82) is 0 Å². The predicted molar refractivity (Wildman–Crippen MR) is 219 cm³/mol.